The first-order valence-electron chi connectivity index (χ1n) is 9.31. The Kier molecular flexibility index (Phi) is 4.57. The Morgan fingerprint density at radius 2 is 2.08 bits per heavy atom. The molecule has 1 aliphatic carbocycles. The average molecular weight is 338 g/mol. The Morgan fingerprint density at radius 1 is 1.28 bits per heavy atom. The van der Waals surface area contributed by atoms with Crippen LogP contribution in [-0.4, -0.2) is 39.2 Å². The normalized spacial score (nSPS) is 22.0. The fourth-order valence-corrected chi connectivity index (χ4v) is 3.81. The number of benzene rings is 1. The highest BCUT2D eigenvalue weighted by molar-refractivity contribution is 5.83. The molecule has 2 heterocycles. The summed E-state index contributed by atoms with van der Waals surface area (Å²) in [6.07, 6.45) is 8.45. The minimum Gasteiger partial charge on any atom is -0.352 e. The molecule has 1 saturated carbocycles. The number of rotatable bonds is 6. The van der Waals surface area contributed by atoms with Crippen molar-refractivity contribution >= 4 is 5.91 Å². The molecule has 2 fully saturated rings. The number of aryl methyl sites for hydroxylation is 1. The molecular weight excluding hydrogens is 312 g/mol. The molecule has 1 saturated heterocycles. The second-order valence-corrected chi connectivity index (χ2v) is 7.37. The Hall–Kier alpha value is -2.14. The Bertz CT molecular complexity index is 722. The number of nitrogens with one attached hydrogen (secondary N) is 1. The Labute approximate surface area is 149 Å². The van der Waals surface area contributed by atoms with Crippen molar-refractivity contribution in [3.05, 3.63) is 53.9 Å². The van der Waals surface area contributed by atoms with E-state index < -0.39 is 0 Å². The number of amides is 1. The second-order valence-electron chi connectivity index (χ2n) is 7.37. The van der Waals surface area contributed by atoms with Crippen LogP contribution < -0.4 is 5.32 Å². The summed E-state index contributed by atoms with van der Waals surface area (Å²) in [5.74, 6) is 0.150. The minimum atomic E-state index is -0.203. The molecule has 2 aromatic rings. The van der Waals surface area contributed by atoms with Crippen LogP contribution in [0.3, 0.4) is 0 Å². The summed E-state index contributed by atoms with van der Waals surface area (Å²) in [5.41, 5.74) is 2.26. The fraction of sp³-hybridized carbons (Fsp3) is 0.500. The lowest BCUT2D eigenvalue weighted by molar-refractivity contribution is -0.127. The molecule has 1 aromatic heterocycles. The van der Waals surface area contributed by atoms with Crippen molar-refractivity contribution in [2.75, 3.05) is 6.54 Å². The molecule has 132 valence electrons. The summed E-state index contributed by atoms with van der Waals surface area (Å²) in [7, 11) is 0. The SMILES string of the molecule is Cc1cnn(C[C@@H]2CCCN2[C@@H](C(=O)NC2CC2)c2ccccc2)c1. The molecule has 0 spiro atoms. The van der Waals surface area contributed by atoms with E-state index in [0.29, 0.717) is 12.1 Å². The molecule has 1 aromatic carbocycles. The Morgan fingerprint density at radius 3 is 2.76 bits per heavy atom. The summed E-state index contributed by atoms with van der Waals surface area (Å²) < 4.78 is 2.01. The van der Waals surface area contributed by atoms with Gasteiger partial charge in [-0.1, -0.05) is 30.3 Å². The number of carbonyl (C=O) groups is 1. The van der Waals surface area contributed by atoms with Crippen LogP contribution in [0.2, 0.25) is 0 Å². The minimum absolute atomic E-state index is 0.150. The van der Waals surface area contributed by atoms with E-state index in [4.69, 9.17) is 0 Å². The molecule has 1 aliphatic heterocycles. The zero-order valence-electron chi connectivity index (χ0n) is 14.8. The van der Waals surface area contributed by atoms with E-state index in [2.05, 4.69) is 40.6 Å². The topological polar surface area (TPSA) is 50.2 Å². The van der Waals surface area contributed by atoms with E-state index in [9.17, 15) is 4.79 Å². The summed E-state index contributed by atoms with van der Waals surface area (Å²) in [6.45, 7) is 3.86. The Balaban J connectivity index is 1.57. The molecule has 1 amide bonds. The molecule has 5 heteroatoms. The molecular formula is C20H26N4O. The van der Waals surface area contributed by atoms with Gasteiger partial charge in [0.1, 0.15) is 6.04 Å². The zero-order chi connectivity index (χ0) is 17.2. The second kappa shape index (κ2) is 7.00. The van der Waals surface area contributed by atoms with Crippen molar-refractivity contribution in [3.8, 4) is 0 Å². The van der Waals surface area contributed by atoms with Crippen molar-refractivity contribution in [1.82, 2.24) is 20.0 Å². The molecule has 1 N–H and O–H groups in total. The first-order chi connectivity index (χ1) is 12.2. The van der Waals surface area contributed by atoms with Gasteiger partial charge in [-0.3, -0.25) is 14.4 Å². The summed E-state index contributed by atoms with van der Waals surface area (Å²) in [5, 5.41) is 7.65. The van der Waals surface area contributed by atoms with Gasteiger partial charge >= 0.3 is 0 Å². The van der Waals surface area contributed by atoms with Crippen LogP contribution in [0.15, 0.2) is 42.7 Å². The first kappa shape index (κ1) is 16.3. The van der Waals surface area contributed by atoms with Gasteiger partial charge in [0, 0.05) is 18.3 Å². The maximum Gasteiger partial charge on any atom is 0.242 e. The van der Waals surface area contributed by atoms with E-state index in [1.165, 1.54) is 5.56 Å². The van der Waals surface area contributed by atoms with Gasteiger partial charge in [-0.25, -0.2) is 0 Å². The quantitative estimate of drug-likeness (QED) is 0.881. The zero-order valence-corrected chi connectivity index (χ0v) is 14.8. The summed E-state index contributed by atoms with van der Waals surface area (Å²) in [6, 6.07) is 10.7. The van der Waals surface area contributed by atoms with E-state index in [-0.39, 0.29) is 11.9 Å². The molecule has 0 bridgehead atoms. The maximum atomic E-state index is 13.0. The molecule has 25 heavy (non-hydrogen) atoms. The number of carbonyl (C=O) groups excluding carboxylic acids is 1. The van der Waals surface area contributed by atoms with Crippen molar-refractivity contribution in [1.29, 1.82) is 0 Å². The van der Waals surface area contributed by atoms with Crippen LogP contribution in [0.1, 0.15) is 42.9 Å². The van der Waals surface area contributed by atoms with Crippen molar-refractivity contribution in [3.63, 3.8) is 0 Å². The van der Waals surface area contributed by atoms with Crippen LogP contribution in [0.25, 0.3) is 0 Å². The fourth-order valence-electron chi connectivity index (χ4n) is 3.81. The van der Waals surface area contributed by atoms with Crippen LogP contribution in [0.4, 0.5) is 0 Å². The highest BCUT2D eigenvalue weighted by Gasteiger charge is 2.37. The first-order valence-corrected chi connectivity index (χ1v) is 9.31. The van der Waals surface area contributed by atoms with Crippen molar-refractivity contribution in [2.24, 2.45) is 0 Å². The van der Waals surface area contributed by atoms with Crippen LogP contribution in [0.5, 0.6) is 0 Å². The highest BCUT2D eigenvalue weighted by Crippen LogP contribution is 2.31. The van der Waals surface area contributed by atoms with Gasteiger partial charge in [-0.2, -0.15) is 5.10 Å². The summed E-state index contributed by atoms with van der Waals surface area (Å²) >= 11 is 0. The van der Waals surface area contributed by atoms with Gasteiger partial charge < -0.3 is 5.32 Å². The number of likely N-dealkylation sites (tertiary alicyclic amines) is 1. The van der Waals surface area contributed by atoms with Gasteiger partial charge in [-0.15, -0.1) is 0 Å². The van der Waals surface area contributed by atoms with Crippen LogP contribution in [0, 0.1) is 6.92 Å². The monoisotopic (exact) mass is 338 g/mol. The van der Waals surface area contributed by atoms with Crippen molar-refractivity contribution < 1.29 is 4.79 Å². The highest BCUT2D eigenvalue weighted by atomic mass is 16.2. The lowest BCUT2D eigenvalue weighted by Crippen LogP contribution is -2.44. The molecule has 0 unspecified atom stereocenters. The number of hydrogen-bond acceptors (Lipinski definition) is 3. The number of hydrogen-bond donors (Lipinski definition) is 1. The van der Waals surface area contributed by atoms with E-state index >= 15 is 0 Å². The molecule has 4 rings (SSSR count). The van der Waals surface area contributed by atoms with Gasteiger partial charge in [0.15, 0.2) is 0 Å². The third kappa shape index (κ3) is 3.76. The van der Waals surface area contributed by atoms with Crippen molar-refractivity contribution in [2.45, 2.75) is 57.3 Å². The molecule has 0 radical (unpaired) electrons. The van der Waals surface area contributed by atoms with Gasteiger partial charge in [0.05, 0.1) is 12.7 Å². The van der Waals surface area contributed by atoms with E-state index in [1.807, 2.05) is 29.1 Å². The maximum absolute atomic E-state index is 13.0. The smallest absolute Gasteiger partial charge is 0.242 e. The predicted molar refractivity (Wildman–Crippen MR) is 97.0 cm³/mol. The molecule has 2 aliphatic rings. The number of aromatic nitrogens is 2. The van der Waals surface area contributed by atoms with Crippen LogP contribution >= 0.6 is 0 Å². The molecule has 2 atom stereocenters. The van der Waals surface area contributed by atoms with E-state index in [1.54, 1.807) is 0 Å². The lowest BCUT2D eigenvalue weighted by Gasteiger charge is -2.32. The largest absolute Gasteiger partial charge is 0.352 e. The van der Waals surface area contributed by atoms with E-state index in [0.717, 1.165) is 44.3 Å². The average Bonchev–Trinajstić information content (AvgIpc) is 3.15. The van der Waals surface area contributed by atoms with Gasteiger partial charge in [-0.05, 0) is 50.3 Å². The number of nitrogens with zero attached hydrogens (tertiary/aromatic N) is 3. The third-order valence-electron chi connectivity index (χ3n) is 5.20. The lowest BCUT2D eigenvalue weighted by atomic mass is 10.0. The third-order valence-corrected chi connectivity index (χ3v) is 5.20. The summed E-state index contributed by atoms with van der Waals surface area (Å²) in [4.78, 5) is 15.4. The molecule has 5 nitrogen and oxygen atoms in total. The van der Waals surface area contributed by atoms with Gasteiger partial charge in [0.25, 0.3) is 0 Å². The standard InChI is InChI=1S/C20H26N4O/c1-15-12-21-23(13-15)14-18-8-5-11-24(18)19(16-6-3-2-4-7-16)20(25)22-17-9-10-17/h2-4,6-7,12-13,17-19H,5,8-11,14H2,1H3,(H,22,25)/t18-,19+/m0/s1. The predicted octanol–water partition coefficient (Wildman–Crippen LogP) is 2.68. The van der Waals surface area contributed by atoms with Gasteiger partial charge in [0.2, 0.25) is 5.91 Å². The van der Waals surface area contributed by atoms with Crippen LogP contribution in [-0.2, 0) is 11.3 Å².